The monoisotopic (exact) mass is 443 g/mol. The number of carbonyl (C=O) groups excluding carboxylic acids is 2. The molecule has 1 heterocycles. The van der Waals surface area contributed by atoms with Gasteiger partial charge in [-0.25, -0.2) is 12.7 Å². The lowest BCUT2D eigenvalue weighted by Crippen LogP contribution is -2.51. The van der Waals surface area contributed by atoms with Gasteiger partial charge in [0.1, 0.15) is 0 Å². The summed E-state index contributed by atoms with van der Waals surface area (Å²) in [5.74, 6) is 0.161. The molecule has 0 bridgehead atoms. The summed E-state index contributed by atoms with van der Waals surface area (Å²) in [6.07, 6.45) is 1.94. The molecule has 142 valence electrons. The van der Waals surface area contributed by atoms with Crippen molar-refractivity contribution < 1.29 is 18.0 Å². The SMILES string of the molecule is CN(C)S(=O)(=O)c1cc(C(=O)N2CCN(C(=O)C3CC3)CC2)ccc1Br. The first-order valence-corrected chi connectivity index (χ1v) is 10.8. The topological polar surface area (TPSA) is 78.0 Å². The average molecular weight is 444 g/mol. The number of piperazine rings is 1. The second-order valence-electron chi connectivity index (χ2n) is 6.82. The molecular weight excluding hydrogens is 422 g/mol. The fraction of sp³-hybridized carbons (Fsp3) is 0.529. The molecule has 1 saturated heterocycles. The number of hydrogen-bond donors (Lipinski definition) is 0. The van der Waals surface area contributed by atoms with Gasteiger partial charge in [-0.05, 0) is 47.0 Å². The quantitative estimate of drug-likeness (QED) is 0.704. The summed E-state index contributed by atoms with van der Waals surface area (Å²) >= 11 is 3.25. The van der Waals surface area contributed by atoms with Crippen molar-refractivity contribution in [2.24, 2.45) is 5.92 Å². The van der Waals surface area contributed by atoms with Crippen LogP contribution in [0.15, 0.2) is 27.6 Å². The van der Waals surface area contributed by atoms with Gasteiger partial charge in [0, 0.05) is 56.2 Å². The van der Waals surface area contributed by atoms with Gasteiger partial charge in [0.15, 0.2) is 0 Å². The normalized spacial score (nSPS) is 18.3. The van der Waals surface area contributed by atoms with Crippen LogP contribution in [0.25, 0.3) is 0 Å². The standard InChI is InChI=1S/C17H22BrN3O4S/c1-19(2)26(24,25)15-11-13(5-6-14(15)18)17(23)21-9-7-20(8-10-21)16(22)12-3-4-12/h5-6,11-12H,3-4,7-10H2,1-2H3. The Balaban J connectivity index is 1.73. The summed E-state index contributed by atoms with van der Waals surface area (Å²) in [5, 5.41) is 0. The third kappa shape index (κ3) is 3.79. The zero-order valence-corrected chi connectivity index (χ0v) is 17.2. The molecule has 9 heteroatoms. The fourth-order valence-corrected chi connectivity index (χ4v) is 4.78. The van der Waals surface area contributed by atoms with Crippen LogP contribution in [-0.4, -0.2) is 74.6 Å². The molecule has 26 heavy (non-hydrogen) atoms. The largest absolute Gasteiger partial charge is 0.339 e. The Morgan fingerprint density at radius 2 is 1.65 bits per heavy atom. The predicted octanol–water partition coefficient (Wildman–Crippen LogP) is 1.39. The summed E-state index contributed by atoms with van der Waals surface area (Å²) in [6.45, 7) is 1.98. The van der Waals surface area contributed by atoms with Crippen LogP contribution in [0.1, 0.15) is 23.2 Å². The molecule has 3 rings (SSSR count). The average Bonchev–Trinajstić information content (AvgIpc) is 3.46. The highest BCUT2D eigenvalue weighted by Gasteiger charge is 2.35. The minimum Gasteiger partial charge on any atom is -0.339 e. The number of sulfonamides is 1. The number of rotatable bonds is 4. The molecule has 2 fully saturated rings. The lowest BCUT2D eigenvalue weighted by Gasteiger charge is -2.35. The molecule has 1 saturated carbocycles. The van der Waals surface area contributed by atoms with Gasteiger partial charge >= 0.3 is 0 Å². The van der Waals surface area contributed by atoms with E-state index in [0.717, 1.165) is 17.1 Å². The van der Waals surface area contributed by atoms with Crippen molar-refractivity contribution in [1.29, 1.82) is 0 Å². The zero-order valence-electron chi connectivity index (χ0n) is 14.8. The van der Waals surface area contributed by atoms with Gasteiger partial charge < -0.3 is 9.80 Å². The summed E-state index contributed by atoms with van der Waals surface area (Å²) in [7, 11) is -0.753. The second-order valence-corrected chi connectivity index (χ2v) is 9.80. The lowest BCUT2D eigenvalue weighted by atomic mass is 10.1. The number of nitrogens with zero attached hydrogens (tertiary/aromatic N) is 3. The molecule has 1 aromatic carbocycles. The van der Waals surface area contributed by atoms with E-state index in [1.165, 1.54) is 20.2 Å². The molecule has 0 unspecified atom stereocenters. The van der Waals surface area contributed by atoms with E-state index in [4.69, 9.17) is 0 Å². The van der Waals surface area contributed by atoms with E-state index in [1.807, 2.05) is 4.90 Å². The summed E-state index contributed by atoms with van der Waals surface area (Å²) in [6, 6.07) is 4.60. The van der Waals surface area contributed by atoms with Crippen molar-refractivity contribution in [1.82, 2.24) is 14.1 Å². The molecule has 0 radical (unpaired) electrons. The third-order valence-corrected chi connectivity index (χ3v) is 7.55. The van der Waals surface area contributed by atoms with Crippen LogP contribution in [0.3, 0.4) is 0 Å². The second kappa shape index (κ2) is 7.28. The first-order chi connectivity index (χ1) is 12.2. The summed E-state index contributed by atoms with van der Waals surface area (Å²) in [4.78, 5) is 28.5. The van der Waals surface area contributed by atoms with E-state index in [2.05, 4.69) is 15.9 Å². The maximum absolute atomic E-state index is 12.8. The van der Waals surface area contributed by atoms with Crippen LogP contribution in [0.2, 0.25) is 0 Å². The van der Waals surface area contributed by atoms with Gasteiger partial charge in [-0.3, -0.25) is 9.59 Å². The van der Waals surface area contributed by atoms with E-state index in [1.54, 1.807) is 17.0 Å². The summed E-state index contributed by atoms with van der Waals surface area (Å²) < 4.78 is 26.4. The molecule has 0 atom stereocenters. The minimum atomic E-state index is -3.65. The molecular formula is C17H22BrN3O4S. The molecule has 0 N–H and O–H groups in total. The molecule has 2 aliphatic rings. The highest BCUT2D eigenvalue weighted by molar-refractivity contribution is 9.10. The van der Waals surface area contributed by atoms with Crippen molar-refractivity contribution >= 4 is 37.8 Å². The third-order valence-electron chi connectivity index (χ3n) is 4.74. The Kier molecular flexibility index (Phi) is 5.41. The maximum Gasteiger partial charge on any atom is 0.254 e. The zero-order chi connectivity index (χ0) is 19.1. The van der Waals surface area contributed by atoms with Crippen LogP contribution in [0, 0.1) is 5.92 Å². The molecule has 1 aliphatic carbocycles. The van der Waals surface area contributed by atoms with Crippen molar-refractivity contribution in [3.8, 4) is 0 Å². The predicted molar refractivity (Wildman–Crippen MR) is 100 cm³/mol. The molecule has 0 spiro atoms. The lowest BCUT2D eigenvalue weighted by molar-refractivity contribution is -0.134. The van der Waals surface area contributed by atoms with Crippen molar-refractivity contribution in [2.45, 2.75) is 17.7 Å². The minimum absolute atomic E-state index is 0.0656. The first kappa shape index (κ1) is 19.3. The maximum atomic E-state index is 12.8. The Hall–Kier alpha value is -1.45. The van der Waals surface area contributed by atoms with Crippen LogP contribution in [0.4, 0.5) is 0 Å². The van der Waals surface area contributed by atoms with Crippen LogP contribution >= 0.6 is 15.9 Å². The van der Waals surface area contributed by atoms with E-state index in [0.29, 0.717) is 36.2 Å². The van der Waals surface area contributed by atoms with Gasteiger partial charge in [0.25, 0.3) is 5.91 Å². The van der Waals surface area contributed by atoms with E-state index in [-0.39, 0.29) is 22.6 Å². The highest BCUT2D eigenvalue weighted by Crippen LogP contribution is 2.31. The van der Waals surface area contributed by atoms with Gasteiger partial charge in [0.05, 0.1) is 4.90 Å². The van der Waals surface area contributed by atoms with Crippen LogP contribution < -0.4 is 0 Å². The van der Waals surface area contributed by atoms with Crippen molar-refractivity contribution in [3.63, 3.8) is 0 Å². The number of halogens is 1. The van der Waals surface area contributed by atoms with Gasteiger partial charge in [-0.2, -0.15) is 0 Å². The van der Waals surface area contributed by atoms with Gasteiger partial charge in [-0.15, -0.1) is 0 Å². The van der Waals surface area contributed by atoms with Gasteiger partial charge in [0.2, 0.25) is 15.9 Å². The van der Waals surface area contributed by atoms with Crippen LogP contribution in [0.5, 0.6) is 0 Å². The van der Waals surface area contributed by atoms with Gasteiger partial charge in [-0.1, -0.05) is 0 Å². The van der Waals surface area contributed by atoms with E-state index in [9.17, 15) is 18.0 Å². The molecule has 1 aliphatic heterocycles. The molecule has 1 aromatic rings. The number of carbonyl (C=O) groups is 2. The number of benzene rings is 1. The first-order valence-electron chi connectivity index (χ1n) is 8.52. The highest BCUT2D eigenvalue weighted by atomic mass is 79.9. The van der Waals surface area contributed by atoms with Crippen molar-refractivity contribution in [2.75, 3.05) is 40.3 Å². The molecule has 7 nitrogen and oxygen atoms in total. The smallest absolute Gasteiger partial charge is 0.254 e. The Bertz CT molecular complexity index is 828. The Labute approximate surface area is 162 Å². The van der Waals surface area contributed by atoms with E-state index >= 15 is 0 Å². The fourth-order valence-electron chi connectivity index (χ4n) is 2.93. The number of amides is 2. The summed E-state index contributed by atoms with van der Waals surface area (Å²) in [5.41, 5.74) is 0.329. The molecule has 0 aromatic heterocycles. The molecule has 2 amide bonds. The Morgan fingerprint density at radius 1 is 1.08 bits per heavy atom. The van der Waals surface area contributed by atoms with E-state index < -0.39 is 10.0 Å². The number of hydrogen-bond acceptors (Lipinski definition) is 4. The van der Waals surface area contributed by atoms with Crippen LogP contribution in [-0.2, 0) is 14.8 Å². The van der Waals surface area contributed by atoms with Crippen molar-refractivity contribution in [3.05, 3.63) is 28.2 Å². The Morgan fingerprint density at radius 3 is 2.19 bits per heavy atom.